The average Bonchev–Trinajstić information content (AvgIpc) is 2.49. The van der Waals surface area contributed by atoms with Crippen molar-refractivity contribution in [3.05, 3.63) is 46.5 Å². The minimum absolute atomic E-state index is 0.0897. The van der Waals surface area contributed by atoms with Crippen molar-refractivity contribution in [2.45, 2.75) is 45.6 Å². The maximum atomic E-state index is 6.85. The zero-order chi connectivity index (χ0) is 16.8. The van der Waals surface area contributed by atoms with Gasteiger partial charge in [0.2, 0.25) is 0 Å². The zero-order valence-electron chi connectivity index (χ0n) is 14.5. The van der Waals surface area contributed by atoms with Gasteiger partial charge in [-0.2, -0.15) is 0 Å². The summed E-state index contributed by atoms with van der Waals surface area (Å²) in [6.07, 6.45) is 1.06. The van der Waals surface area contributed by atoms with Gasteiger partial charge in [-0.1, -0.05) is 36.7 Å². The van der Waals surface area contributed by atoms with E-state index in [1.165, 1.54) is 16.8 Å². The summed E-state index contributed by atoms with van der Waals surface area (Å²) in [5.41, 5.74) is 5.83. The van der Waals surface area contributed by atoms with Crippen LogP contribution >= 0.6 is 11.6 Å². The first kappa shape index (κ1) is 16.2. The number of methoxy groups -OCH3 is 1. The van der Waals surface area contributed by atoms with E-state index in [9.17, 15) is 0 Å². The SMILES string of the molecule is COc1ccccc1-c1cc(C)c2c(c1Cl)C(C)CC(C)(C)N2. The monoisotopic (exact) mass is 329 g/mol. The maximum absolute atomic E-state index is 6.85. The zero-order valence-corrected chi connectivity index (χ0v) is 15.2. The summed E-state index contributed by atoms with van der Waals surface area (Å²) in [4.78, 5) is 0. The summed E-state index contributed by atoms with van der Waals surface area (Å²) in [5.74, 6) is 1.27. The number of fused-ring (bicyclic) bond motifs is 1. The lowest BCUT2D eigenvalue weighted by Gasteiger charge is -2.39. The van der Waals surface area contributed by atoms with Crippen molar-refractivity contribution in [3.63, 3.8) is 0 Å². The van der Waals surface area contributed by atoms with Gasteiger partial charge in [0.05, 0.1) is 12.1 Å². The lowest BCUT2D eigenvalue weighted by Crippen LogP contribution is -2.37. The van der Waals surface area contributed by atoms with Crippen LogP contribution in [-0.4, -0.2) is 12.6 Å². The number of nitrogens with one attached hydrogen (secondary N) is 1. The molecule has 1 aliphatic rings. The Morgan fingerprint density at radius 3 is 2.61 bits per heavy atom. The van der Waals surface area contributed by atoms with Crippen LogP contribution in [0.25, 0.3) is 11.1 Å². The molecule has 0 saturated carbocycles. The third-order valence-electron chi connectivity index (χ3n) is 4.67. The topological polar surface area (TPSA) is 21.3 Å². The molecule has 1 unspecified atom stereocenters. The number of hydrogen-bond acceptors (Lipinski definition) is 2. The second-order valence-corrected chi connectivity index (χ2v) is 7.54. The Morgan fingerprint density at radius 1 is 1.22 bits per heavy atom. The molecule has 2 nitrogen and oxygen atoms in total. The molecule has 0 amide bonds. The average molecular weight is 330 g/mol. The lowest BCUT2D eigenvalue weighted by molar-refractivity contribution is 0.416. The fourth-order valence-electron chi connectivity index (χ4n) is 3.77. The van der Waals surface area contributed by atoms with E-state index in [4.69, 9.17) is 16.3 Å². The quantitative estimate of drug-likeness (QED) is 0.727. The highest BCUT2D eigenvalue weighted by Crippen LogP contribution is 2.48. The standard InChI is InChI=1S/C20H24ClNO/c1-12-10-15(14-8-6-7-9-16(14)23-5)18(21)17-13(2)11-20(3,4)22-19(12)17/h6-10,13,22H,11H2,1-5H3. The molecular formula is C20H24ClNO. The lowest BCUT2D eigenvalue weighted by atomic mass is 9.79. The molecule has 0 aromatic heterocycles. The summed E-state index contributed by atoms with van der Waals surface area (Å²) in [6.45, 7) is 8.90. The number of benzene rings is 2. The highest BCUT2D eigenvalue weighted by Gasteiger charge is 2.33. The van der Waals surface area contributed by atoms with Crippen molar-refractivity contribution in [2.24, 2.45) is 0 Å². The largest absolute Gasteiger partial charge is 0.496 e. The van der Waals surface area contributed by atoms with Crippen LogP contribution in [-0.2, 0) is 0 Å². The molecule has 1 heterocycles. The molecule has 122 valence electrons. The van der Waals surface area contributed by atoms with Gasteiger partial charge in [0, 0.05) is 22.4 Å². The Morgan fingerprint density at radius 2 is 1.91 bits per heavy atom. The van der Waals surface area contributed by atoms with E-state index >= 15 is 0 Å². The number of halogens is 1. The van der Waals surface area contributed by atoms with Gasteiger partial charge in [-0.3, -0.25) is 0 Å². The van der Waals surface area contributed by atoms with E-state index in [-0.39, 0.29) is 5.54 Å². The van der Waals surface area contributed by atoms with Crippen LogP contribution in [0.2, 0.25) is 5.02 Å². The molecule has 2 aromatic carbocycles. The van der Waals surface area contributed by atoms with Crippen LogP contribution < -0.4 is 10.1 Å². The van der Waals surface area contributed by atoms with E-state index in [1.54, 1.807) is 7.11 Å². The Balaban J connectivity index is 2.23. The predicted molar refractivity (Wildman–Crippen MR) is 98.9 cm³/mol. The molecular weight excluding hydrogens is 306 g/mol. The first-order valence-electron chi connectivity index (χ1n) is 8.08. The smallest absolute Gasteiger partial charge is 0.126 e. The van der Waals surface area contributed by atoms with Crippen molar-refractivity contribution < 1.29 is 4.74 Å². The van der Waals surface area contributed by atoms with Gasteiger partial charge in [0.1, 0.15) is 5.75 Å². The number of anilines is 1. The molecule has 0 spiro atoms. The van der Waals surface area contributed by atoms with Gasteiger partial charge in [0.25, 0.3) is 0 Å². The van der Waals surface area contributed by atoms with Crippen molar-refractivity contribution in [3.8, 4) is 16.9 Å². The summed E-state index contributed by atoms with van der Waals surface area (Å²) in [7, 11) is 1.70. The molecule has 1 N–H and O–H groups in total. The molecule has 23 heavy (non-hydrogen) atoms. The Hall–Kier alpha value is -1.67. The molecule has 3 heteroatoms. The Labute approximate surface area is 143 Å². The molecule has 0 bridgehead atoms. The van der Waals surface area contributed by atoms with Crippen LogP contribution in [0.3, 0.4) is 0 Å². The third kappa shape index (κ3) is 2.81. The van der Waals surface area contributed by atoms with Crippen molar-refractivity contribution in [2.75, 3.05) is 12.4 Å². The van der Waals surface area contributed by atoms with Crippen LogP contribution in [0.5, 0.6) is 5.75 Å². The van der Waals surface area contributed by atoms with Gasteiger partial charge in [0.15, 0.2) is 0 Å². The number of ether oxygens (including phenoxy) is 1. The van der Waals surface area contributed by atoms with E-state index in [1.807, 2.05) is 18.2 Å². The number of hydrogen-bond donors (Lipinski definition) is 1. The molecule has 2 aromatic rings. The number of aryl methyl sites for hydroxylation is 1. The number of para-hydroxylation sites is 1. The predicted octanol–water partition coefficient (Wildman–Crippen LogP) is 6.02. The molecule has 0 radical (unpaired) electrons. The van der Waals surface area contributed by atoms with E-state index in [0.29, 0.717) is 5.92 Å². The Kier molecular flexibility index (Phi) is 4.05. The molecule has 1 atom stereocenters. The molecule has 0 saturated heterocycles. The summed E-state index contributed by atoms with van der Waals surface area (Å²) in [6, 6.07) is 10.2. The van der Waals surface area contributed by atoms with Crippen molar-refractivity contribution >= 4 is 17.3 Å². The van der Waals surface area contributed by atoms with Crippen LogP contribution in [0.1, 0.15) is 44.2 Å². The van der Waals surface area contributed by atoms with Crippen LogP contribution in [0, 0.1) is 6.92 Å². The molecule has 0 fully saturated rings. The number of rotatable bonds is 2. The molecule has 1 aliphatic heterocycles. The van der Waals surface area contributed by atoms with E-state index in [2.05, 4.69) is 45.1 Å². The van der Waals surface area contributed by atoms with Crippen LogP contribution in [0.4, 0.5) is 5.69 Å². The van der Waals surface area contributed by atoms with Crippen molar-refractivity contribution in [1.82, 2.24) is 0 Å². The minimum Gasteiger partial charge on any atom is -0.496 e. The van der Waals surface area contributed by atoms with E-state index in [0.717, 1.165) is 28.3 Å². The molecule has 3 rings (SSSR count). The Bertz CT molecular complexity index is 752. The third-order valence-corrected chi connectivity index (χ3v) is 5.07. The summed E-state index contributed by atoms with van der Waals surface area (Å²) in [5, 5.41) is 4.51. The van der Waals surface area contributed by atoms with E-state index < -0.39 is 0 Å². The highest BCUT2D eigenvalue weighted by atomic mass is 35.5. The fraction of sp³-hybridized carbons (Fsp3) is 0.400. The van der Waals surface area contributed by atoms with Crippen LogP contribution in [0.15, 0.2) is 30.3 Å². The first-order valence-corrected chi connectivity index (χ1v) is 8.46. The normalized spacial score (nSPS) is 19.0. The second kappa shape index (κ2) is 5.76. The minimum atomic E-state index is 0.0897. The summed E-state index contributed by atoms with van der Waals surface area (Å²) >= 11 is 6.85. The van der Waals surface area contributed by atoms with Gasteiger partial charge in [-0.25, -0.2) is 0 Å². The molecule has 0 aliphatic carbocycles. The fourth-order valence-corrected chi connectivity index (χ4v) is 4.21. The van der Waals surface area contributed by atoms with Gasteiger partial charge in [-0.05, 0) is 56.4 Å². The second-order valence-electron chi connectivity index (χ2n) is 7.16. The summed E-state index contributed by atoms with van der Waals surface area (Å²) < 4.78 is 5.52. The van der Waals surface area contributed by atoms with Gasteiger partial charge < -0.3 is 10.1 Å². The van der Waals surface area contributed by atoms with Gasteiger partial charge >= 0.3 is 0 Å². The van der Waals surface area contributed by atoms with Gasteiger partial charge in [-0.15, -0.1) is 0 Å². The first-order chi connectivity index (χ1) is 10.8. The van der Waals surface area contributed by atoms with Crippen molar-refractivity contribution in [1.29, 1.82) is 0 Å². The highest BCUT2D eigenvalue weighted by molar-refractivity contribution is 6.35. The maximum Gasteiger partial charge on any atom is 0.126 e.